The van der Waals surface area contributed by atoms with Gasteiger partial charge in [0.25, 0.3) is 0 Å². The van der Waals surface area contributed by atoms with Gasteiger partial charge in [0.05, 0.1) is 36.2 Å². The zero-order valence-corrected chi connectivity index (χ0v) is 16.5. The number of carbonyl (C=O) groups excluding carboxylic acids is 1. The molecule has 0 amide bonds. The number of rotatable bonds is 8. The Bertz CT molecular complexity index is 1050. The molecule has 7 nitrogen and oxygen atoms in total. The number of para-hydroxylation sites is 1. The summed E-state index contributed by atoms with van der Waals surface area (Å²) in [6.07, 6.45) is 0. The predicted molar refractivity (Wildman–Crippen MR) is 112 cm³/mol. The molecule has 154 valence electrons. The van der Waals surface area contributed by atoms with E-state index in [1.54, 1.807) is 56.5 Å². The number of nitrogens with one attached hydrogen (secondary N) is 1. The number of carboxylic acid groups (broad SMARTS) is 1. The number of ether oxygens (including phenoxy) is 3. The molecule has 0 fully saturated rings. The number of hydrogen-bond donors (Lipinski definition) is 2. The second-order valence-electron chi connectivity index (χ2n) is 6.16. The van der Waals surface area contributed by atoms with Crippen LogP contribution in [-0.4, -0.2) is 30.8 Å². The SMILES string of the molecule is CCOC(=O)c1cccc(Nc2ccc(OC)cc2Oc2ccccc2)c1C(=O)O. The number of benzene rings is 3. The van der Waals surface area contributed by atoms with E-state index in [2.05, 4.69) is 5.32 Å². The summed E-state index contributed by atoms with van der Waals surface area (Å²) >= 11 is 0. The van der Waals surface area contributed by atoms with Crippen molar-refractivity contribution in [2.75, 3.05) is 19.0 Å². The number of carboxylic acids is 1. The molecule has 3 aromatic rings. The smallest absolute Gasteiger partial charge is 0.339 e. The quantitative estimate of drug-likeness (QED) is 0.501. The van der Waals surface area contributed by atoms with Gasteiger partial charge < -0.3 is 24.6 Å². The second kappa shape index (κ2) is 9.47. The molecule has 30 heavy (non-hydrogen) atoms. The molecule has 0 spiro atoms. The number of methoxy groups -OCH3 is 1. The summed E-state index contributed by atoms with van der Waals surface area (Å²) in [5.41, 5.74) is 0.519. The molecule has 0 radical (unpaired) electrons. The molecule has 0 bridgehead atoms. The van der Waals surface area contributed by atoms with Crippen molar-refractivity contribution in [3.8, 4) is 17.2 Å². The fraction of sp³-hybridized carbons (Fsp3) is 0.130. The maximum absolute atomic E-state index is 12.2. The van der Waals surface area contributed by atoms with Gasteiger partial charge in [0.2, 0.25) is 0 Å². The van der Waals surface area contributed by atoms with Crippen LogP contribution in [0.25, 0.3) is 0 Å². The third-order valence-corrected chi connectivity index (χ3v) is 4.20. The van der Waals surface area contributed by atoms with Crippen molar-refractivity contribution >= 4 is 23.3 Å². The summed E-state index contributed by atoms with van der Waals surface area (Å²) < 4.78 is 16.2. The molecule has 0 aliphatic heterocycles. The summed E-state index contributed by atoms with van der Waals surface area (Å²) in [6, 6.07) is 18.8. The molecule has 0 saturated heterocycles. The van der Waals surface area contributed by atoms with Gasteiger partial charge in [0, 0.05) is 6.07 Å². The van der Waals surface area contributed by atoms with Gasteiger partial charge in [-0.3, -0.25) is 0 Å². The van der Waals surface area contributed by atoms with Gasteiger partial charge in [-0.1, -0.05) is 24.3 Å². The Morgan fingerprint density at radius 2 is 1.70 bits per heavy atom. The monoisotopic (exact) mass is 407 g/mol. The minimum absolute atomic E-state index is 0.0339. The van der Waals surface area contributed by atoms with Crippen LogP contribution in [0.3, 0.4) is 0 Å². The summed E-state index contributed by atoms with van der Waals surface area (Å²) in [6.45, 7) is 1.80. The van der Waals surface area contributed by atoms with Crippen LogP contribution in [0.15, 0.2) is 66.7 Å². The van der Waals surface area contributed by atoms with Crippen molar-refractivity contribution in [1.29, 1.82) is 0 Å². The third kappa shape index (κ3) is 4.70. The van der Waals surface area contributed by atoms with Gasteiger partial charge in [-0.2, -0.15) is 0 Å². The number of carbonyl (C=O) groups is 2. The Labute approximate surface area is 173 Å². The van der Waals surface area contributed by atoms with Crippen LogP contribution in [0.5, 0.6) is 17.2 Å². The average Bonchev–Trinajstić information content (AvgIpc) is 2.75. The molecule has 3 aromatic carbocycles. The summed E-state index contributed by atoms with van der Waals surface area (Å²) in [5, 5.41) is 12.8. The summed E-state index contributed by atoms with van der Waals surface area (Å²) in [4.78, 5) is 24.1. The Kier molecular flexibility index (Phi) is 6.54. The maximum Gasteiger partial charge on any atom is 0.339 e. The van der Waals surface area contributed by atoms with Crippen molar-refractivity contribution in [3.05, 3.63) is 77.9 Å². The van der Waals surface area contributed by atoms with Gasteiger partial charge in [0.15, 0.2) is 5.75 Å². The van der Waals surface area contributed by atoms with Gasteiger partial charge in [-0.05, 0) is 43.3 Å². The molecular formula is C23H21NO6. The van der Waals surface area contributed by atoms with E-state index in [9.17, 15) is 14.7 Å². The second-order valence-corrected chi connectivity index (χ2v) is 6.16. The van der Waals surface area contributed by atoms with Crippen molar-refractivity contribution in [3.63, 3.8) is 0 Å². The van der Waals surface area contributed by atoms with E-state index < -0.39 is 11.9 Å². The van der Waals surface area contributed by atoms with Crippen LogP contribution in [0.4, 0.5) is 11.4 Å². The molecule has 2 N–H and O–H groups in total. The molecular weight excluding hydrogens is 386 g/mol. The van der Waals surface area contributed by atoms with Crippen LogP contribution >= 0.6 is 0 Å². The third-order valence-electron chi connectivity index (χ3n) is 4.20. The van der Waals surface area contributed by atoms with Gasteiger partial charge in [0.1, 0.15) is 11.5 Å². The molecule has 3 rings (SSSR count). The first-order chi connectivity index (χ1) is 14.5. The molecule has 0 aliphatic rings. The number of aromatic carboxylic acids is 1. The number of hydrogen-bond acceptors (Lipinski definition) is 6. The minimum atomic E-state index is -1.25. The Morgan fingerprint density at radius 3 is 2.37 bits per heavy atom. The van der Waals surface area contributed by atoms with E-state index in [0.717, 1.165) is 0 Å². The van der Waals surface area contributed by atoms with E-state index in [1.807, 2.05) is 18.2 Å². The van der Waals surface area contributed by atoms with Crippen molar-refractivity contribution in [2.24, 2.45) is 0 Å². The number of esters is 1. The first-order valence-electron chi connectivity index (χ1n) is 9.25. The zero-order chi connectivity index (χ0) is 21.5. The highest BCUT2D eigenvalue weighted by molar-refractivity contribution is 6.07. The Hall–Kier alpha value is -4.00. The summed E-state index contributed by atoms with van der Waals surface area (Å²) in [7, 11) is 1.54. The van der Waals surface area contributed by atoms with E-state index in [-0.39, 0.29) is 23.4 Å². The van der Waals surface area contributed by atoms with E-state index in [1.165, 1.54) is 6.07 Å². The first kappa shape index (κ1) is 20.7. The zero-order valence-electron chi connectivity index (χ0n) is 16.5. The van der Waals surface area contributed by atoms with E-state index >= 15 is 0 Å². The van der Waals surface area contributed by atoms with Crippen LogP contribution in [0, 0.1) is 0 Å². The van der Waals surface area contributed by atoms with E-state index in [0.29, 0.717) is 22.9 Å². The van der Waals surface area contributed by atoms with Gasteiger partial charge in [-0.15, -0.1) is 0 Å². The summed E-state index contributed by atoms with van der Waals surface area (Å²) in [5.74, 6) is -0.342. The average molecular weight is 407 g/mol. The molecule has 0 atom stereocenters. The fourth-order valence-electron chi connectivity index (χ4n) is 2.84. The highest BCUT2D eigenvalue weighted by Crippen LogP contribution is 2.36. The predicted octanol–water partition coefficient (Wildman–Crippen LogP) is 5.11. The molecule has 0 saturated carbocycles. The molecule has 0 unspecified atom stereocenters. The Morgan fingerprint density at radius 1 is 0.933 bits per heavy atom. The lowest BCUT2D eigenvalue weighted by atomic mass is 10.0. The minimum Gasteiger partial charge on any atom is -0.497 e. The molecule has 0 aromatic heterocycles. The van der Waals surface area contributed by atoms with Crippen molar-refractivity contribution < 1.29 is 28.9 Å². The largest absolute Gasteiger partial charge is 0.497 e. The van der Waals surface area contributed by atoms with Crippen LogP contribution < -0.4 is 14.8 Å². The van der Waals surface area contributed by atoms with Crippen LogP contribution in [-0.2, 0) is 4.74 Å². The lowest BCUT2D eigenvalue weighted by Gasteiger charge is -2.17. The topological polar surface area (TPSA) is 94.1 Å². The van der Waals surface area contributed by atoms with E-state index in [4.69, 9.17) is 14.2 Å². The normalized spacial score (nSPS) is 10.2. The Balaban J connectivity index is 2.02. The standard InChI is InChI=1S/C23H21NO6/c1-3-29-23(27)17-10-7-11-19(21(17)22(25)26)24-18-13-12-16(28-2)14-20(18)30-15-8-5-4-6-9-15/h4-14,24H,3H2,1-2H3,(H,25,26). The first-order valence-corrected chi connectivity index (χ1v) is 9.25. The lowest BCUT2D eigenvalue weighted by Crippen LogP contribution is -2.14. The molecule has 0 aliphatic carbocycles. The molecule has 0 heterocycles. The highest BCUT2D eigenvalue weighted by atomic mass is 16.5. The lowest BCUT2D eigenvalue weighted by molar-refractivity contribution is 0.0515. The van der Waals surface area contributed by atoms with Crippen molar-refractivity contribution in [2.45, 2.75) is 6.92 Å². The van der Waals surface area contributed by atoms with Crippen molar-refractivity contribution in [1.82, 2.24) is 0 Å². The number of anilines is 2. The fourth-order valence-corrected chi connectivity index (χ4v) is 2.84. The highest BCUT2D eigenvalue weighted by Gasteiger charge is 2.22. The van der Waals surface area contributed by atoms with Gasteiger partial charge >= 0.3 is 11.9 Å². The molecule has 7 heteroatoms. The van der Waals surface area contributed by atoms with Crippen LogP contribution in [0.1, 0.15) is 27.6 Å². The maximum atomic E-state index is 12.2. The van der Waals surface area contributed by atoms with Gasteiger partial charge in [-0.25, -0.2) is 9.59 Å². The van der Waals surface area contributed by atoms with Crippen LogP contribution in [0.2, 0.25) is 0 Å².